The van der Waals surface area contributed by atoms with Crippen LogP contribution in [-0.4, -0.2) is 43.6 Å². The Bertz CT molecular complexity index is 915. The molecule has 1 amide bonds. The van der Waals surface area contributed by atoms with Crippen LogP contribution in [0.25, 0.3) is 11.1 Å². The maximum absolute atomic E-state index is 12.6. The molecule has 30 heavy (non-hydrogen) atoms. The van der Waals surface area contributed by atoms with Gasteiger partial charge < -0.3 is 19.5 Å². The Kier molecular flexibility index (Phi) is 6.52. The number of amides is 1. The third-order valence-corrected chi connectivity index (χ3v) is 5.83. The first-order chi connectivity index (χ1) is 14.7. The first-order valence-corrected chi connectivity index (χ1v) is 10.9. The van der Waals surface area contributed by atoms with E-state index in [4.69, 9.17) is 4.42 Å². The zero-order valence-corrected chi connectivity index (χ0v) is 17.6. The van der Waals surface area contributed by atoms with Crippen molar-refractivity contribution >= 4 is 28.7 Å². The number of carbonyl (C=O) groups excluding carboxylic acids is 1. The van der Waals surface area contributed by atoms with E-state index in [0.29, 0.717) is 12.6 Å². The molecule has 0 spiro atoms. The lowest BCUT2D eigenvalue weighted by atomic mass is 9.96. The van der Waals surface area contributed by atoms with Gasteiger partial charge in [0.25, 0.3) is 6.01 Å². The number of benzene rings is 2. The Morgan fingerprint density at radius 1 is 1.13 bits per heavy atom. The van der Waals surface area contributed by atoms with Crippen molar-refractivity contribution in [3.05, 3.63) is 54.6 Å². The fraction of sp³-hybridized carbons (Fsp3) is 0.417. The molecule has 1 aromatic heterocycles. The number of carbonyl (C=O) groups is 1. The van der Waals surface area contributed by atoms with Gasteiger partial charge in [-0.05, 0) is 50.5 Å². The van der Waals surface area contributed by atoms with E-state index in [-0.39, 0.29) is 11.8 Å². The summed E-state index contributed by atoms with van der Waals surface area (Å²) >= 11 is 0. The van der Waals surface area contributed by atoms with Crippen LogP contribution >= 0.6 is 0 Å². The number of oxazole rings is 1. The topological polar surface area (TPSA) is 61.6 Å². The van der Waals surface area contributed by atoms with Gasteiger partial charge in [0.1, 0.15) is 5.52 Å². The van der Waals surface area contributed by atoms with Crippen molar-refractivity contribution in [2.24, 2.45) is 5.92 Å². The number of hydrogen-bond acceptors (Lipinski definition) is 5. The number of piperidine rings is 1. The molecule has 0 aliphatic carbocycles. The number of para-hydroxylation sites is 3. The summed E-state index contributed by atoms with van der Waals surface area (Å²) in [5.74, 6) is 0.247. The van der Waals surface area contributed by atoms with E-state index in [1.54, 1.807) is 0 Å². The molecule has 158 valence electrons. The van der Waals surface area contributed by atoms with Gasteiger partial charge in [0.2, 0.25) is 5.91 Å². The predicted octanol–water partition coefficient (Wildman–Crippen LogP) is 4.08. The number of nitrogens with zero attached hydrogens (tertiary/aromatic N) is 3. The van der Waals surface area contributed by atoms with E-state index >= 15 is 0 Å². The third-order valence-electron chi connectivity index (χ3n) is 5.83. The Hall–Kier alpha value is -3.02. The van der Waals surface area contributed by atoms with Crippen molar-refractivity contribution in [1.29, 1.82) is 0 Å². The smallest absolute Gasteiger partial charge is 0.298 e. The van der Waals surface area contributed by atoms with Gasteiger partial charge in [0.05, 0.1) is 0 Å². The van der Waals surface area contributed by atoms with Crippen LogP contribution < -0.4 is 15.1 Å². The second-order valence-electron chi connectivity index (χ2n) is 7.79. The van der Waals surface area contributed by atoms with E-state index in [0.717, 1.165) is 56.5 Å². The summed E-state index contributed by atoms with van der Waals surface area (Å²) in [7, 11) is 0. The molecule has 0 bridgehead atoms. The fourth-order valence-corrected chi connectivity index (χ4v) is 4.06. The van der Waals surface area contributed by atoms with Crippen LogP contribution in [-0.2, 0) is 4.79 Å². The zero-order valence-electron chi connectivity index (χ0n) is 17.6. The summed E-state index contributed by atoms with van der Waals surface area (Å²) in [6.07, 6.45) is 2.60. The molecule has 6 nitrogen and oxygen atoms in total. The van der Waals surface area contributed by atoms with Gasteiger partial charge in [0, 0.05) is 44.3 Å². The fourth-order valence-electron chi connectivity index (χ4n) is 4.06. The van der Waals surface area contributed by atoms with Gasteiger partial charge in [-0.15, -0.1) is 0 Å². The Morgan fingerprint density at radius 3 is 2.60 bits per heavy atom. The standard InChI is InChI=1S/C24H30N4O2/c1-2-27(20-9-4-3-5-10-20)16-8-15-25-23(29)19-13-17-28(18-14-19)24-26-21-11-6-7-12-22(21)30-24/h3-7,9-12,19H,2,8,13-18H2,1H3,(H,25,29). The van der Waals surface area contributed by atoms with Gasteiger partial charge in [0.15, 0.2) is 5.58 Å². The van der Waals surface area contributed by atoms with Crippen molar-refractivity contribution in [2.75, 3.05) is 42.5 Å². The highest BCUT2D eigenvalue weighted by atomic mass is 16.4. The van der Waals surface area contributed by atoms with Crippen LogP contribution in [0.15, 0.2) is 59.0 Å². The van der Waals surface area contributed by atoms with E-state index in [1.807, 2.05) is 30.3 Å². The van der Waals surface area contributed by atoms with Crippen LogP contribution in [0.1, 0.15) is 26.2 Å². The molecule has 4 rings (SSSR count). The molecular formula is C24H30N4O2. The summed E-state index contributed by atoms with van der Waals surface area (Å²) in [5.41, 5.74) is 2.92. The number of anilines is 2. The van der Waals surface area contributed by atoms with Gasteiger partial charge in [-0.1, -0.05) is 30.3 Å². The molecule has 0 unspecified atom stereocenters. The van der Waals surface area contributed by atoms with Crippen molar-refractivity contribution in [1.82, 2.24) is 10.3 Å². The highest BCUT2D eigenvalue weighted by Gasteiger charge is 2.27. The van der Waals surface area contributed by atoms with E-state index < -0.39 is 0 Å². The lowest BCUT2D eigenvalue weighted by Gasteiger charge is -2.30. The second kappa shape index (κ2) is 9.65. The highest BCUT2D eigenvalue weighted by molar-refractivity contribution is 5.79. The largest absolute Gasteiger partial charge is 0.423 e. The summed E-state index contributed by atoms with van der Waals surface area (Å²) in [5, 5.41) is 3.14. The van der Waals surface area contributed by atoms with Crippen LogP contribution in [0.5, 0.6) is 0 Å². The van der Waals surface area contributed by atoms with Crippen LogP contribution in [0, 0.1) is 5.92 Å². The zero-order chi connectivity index (χ0) is 20.8. The minimum absolute atomic E-state index is 0.0713. The molecule has 2 aromatic carbocycles. The number of fused-ring (bicyclic) bond motifs is 1. The van der Waals surface area contributed by atoms with Gasteiger partial charge in [-0.2, -0.15) is 4.98 Å². The quantitative estimate of drug-likeness (QED) is 0.571. The molecule has 1 aliphatic rings. The third kappa shape index (κ3) is 4.75. The van der Waals surface area contributed by atoms with Crippen LogP contribution in [0.4, 0.5) is 11.7 Å². The Balaban J connectivity index is 1.20. The van der Waals surface area contributed by atoms with Crippen molar-refractivity contribution in [3.63, 3.8) is 0 Å². The van der Waals surface area contributed by atoms with Gasteiger partial charge in [-0.25, -0.2) is 0 Å². The second-order valence-corrected chi connectivity index (χ2v) is 7.79. The summed E-state index contributed by atoms with van der Waals surface area (Å²) in [6.45, 7) is 6.37. The molecule has 0 atom stereocenters. The molecule has 0 saturated carbocycles. The average molecular weight is 407 g/mol. The van der Waals surface area contributed by atoms with Crippen molar-refractivity contribution in [3.8, 4) is 0 Å². The number of nitrogens with one attached hydrogen (secondary N) is 1. The van der Waals surface area contributed by atoms with E-state index in [9.17, 15) is 4.79 Å². The summed E-state index contributed by atoms with van der Waals surface area (Å²) in [4.78, 5) is 21.6. The van der Waals surface area contributed by atoms with Crippen LogP contribution in [0.2, 0.25) is 0 Å². The SMILES string of the molecule is CCN(CCCNC(=O)C1CCN(c2nc3ccccc3o2)CC1)c1ccccc1. The monoisotopic (exact) mass is 406 g/mol. The number of aromatic nitrogens is 1. The van der Waals surface area contributed by atoms with Gasteiger partial charge >= 0.3 is 0 Å². The molecule has 0 radical (unpaired) electrons. The Morgan fingerprint density at radius 2 is 1.87 bits per heavy atom. The van der Waals surface area contributed by atoms with Crippen molar-refractivity contribution < 1.29 is 9.21 Å². The Labute approximate surface area is 177 Å². The average Bonchev–Trinajstić information content (AvgIpc) is 3.24. The summed E-state index contributed by atoms with van der Waals surface area (Å²) in [6, 6.07) is 18.9. The van der Waals surface area contributed by atoms with Crippen LogP contribution in [0.3, 0.4) is 0 Å². The molecule has 3 aromatic rings. The normalized spacial score (nSPS) is 14.8. The van der Waals surface area contributed by atoms with Gasteiger partial charge in [-0.3, -0.25) is 4.79 Å². The molecule has 1 N–H and O–H groups in total. The maximum Gasteiger partial charge on any atom is 0.298 e. The molecule has 1 saturated heterocycles. The number of rotatable bonds is 8. The molecule has 6 heteroatoms. The first-order valence-electron chi connectivity index (χ1n) is 10.9. The first kappa shape index (κ1) is 20.3. The summed E-state index contributed by atoms with van der Waals surface area (Å²) < 4.78 is 5.86. The number of hydrogen-bond donors (Lipinski definition) is 1. The maximum atomic E-state index is 12.6. The lowest BCUT2D eigenvalue weighted by molar-refractivity contribution is -0.125. The minimum atomic E-state index is 0.0713. The highest BCUT2D eigenvalue weighted by Crippen LogP contribution is 2.26. The molecule has 2 heterocycles. The van der Waals surface area contributed by atoms with Crippen molar-refractivity contribution in [2.45, 2.75) is 26.2 Å². The molecule has 1 aliphatic heterocycles. The minimum Gasteiger partial charge on any atom is -0.423 e. The van der Waals surface area contributed by atoms with E-state index in [1.165, 1.54) is 5.69 Å². The lowest BCUT2D eigenvalue weighted by Crippen LogP contribution is -2.41. The molecule has 1 fully saturated rings. The van der Waals surface area contributed by atoms with E-state index in [2.05, 4.69) is 51.3 Å². The molecular weight excluding hydrogens is 376 g/mol. The predicted molar refractivity (Wildman–Crippen MR) is 121 cm³/mol.